The van der Waals surface area contributed by atoms with Gasteiger partial charge in [0.1, 0.15) is 10.7 Å². The Morgan fingerprint density at radius 1 is 1.53 bits per heavy atom. The van der Waals surface area contributed by atoms with Gasteiger partial charge in [0, 0.05) is 5.69 Å². The molecule has 1 aliphatic rings. The van der Waals surface area contributed by atoms with Crippen molar-refractivity contribution in [2.45, 2.75) is 32.6 Å². The topological polar surface area (TPSA) is 61.0 Å². The minimum Gasteiger partial charge on any atom is -0.463 e. The van der Waals surface area contributed by atoms with Crippen molar-refractivity contribution in [1.29, 1.82) is 0 Å². The molecule has 1 saturated carbocycles. The summed E-state index contributed by atoms with van der Waals surface area (Å²) in [5.74, 6) is 0.829. The van der Waals surface area contributed by atoms with Crippen LogP contribution in [-0.2, 0) is 0 Å². The fraction of sp³-hybridized carbons (Fsp3) is 0.583. The number of thiocarbonyl (C=S) groups is 1. The van der Waals surface area contributed by atoms with Gasteiger partial charge in [-0.25, -0.2) is 4.98 Å². The molecule has 0 saturated heterocycles. The zero-order valence-electron chi connectivity index (χ0n) is 9.98. The summed E-state index contributed by atoms with van der Waals surface area (Å²) in [4.78, 5) is 8.66. The highest BCUT2D eigenvalue weighted by Gasteiger charge is 2.17. The summed E-state index contributed by atoms with van der Waals surface area (Å²) in [6, 6.07) is 2.15. The normalized spacial score (nSPS) is 15.4. The first-order chi connectivity index (χ1) is 8.15. The number of hydrogen-bond acceptors (Lipinski definition) is 4. The van der Waals surface area contributed by atoms with Crippen LogP contribution in [0.3, 0.4) is 0 Å². The molecule has 17 heavy (non-hydrogen) atoms. The van der Waals surface area contributed by atoms with Crippen molar-refractivity contribution < 1.29 is 4.74 Å². The molecule has 1 fully saturated rings. The molecule has 0 unspecified atom stereocenters. The molecule has 0 amide bonds. The van der Waals surface area contributed by atoms with E-state index in [1.165, 1.54) is 19.3 Å². The molecule has 2 N–H and O–H groups in total. The molecule has 4 nitrogen and oxygen atoms in total. The van der Waals surface area contributed by atoms with E-state index in [4.69, 9.17) is 22.7 Å². The van der Waals surface area contributed by atoms with Crippen LogP contribution in [0.1, 0.15) is 37.1 Å². The Balaban J connectivity index is 1.92. The number of nitrogens with two attached hydrogens (primary N) is 1. The summed E-state index contributed by atoms with van der Waals surface area (Å²) in [6.45, 7) is 2.55. The minimum atomic E-state index is 0.277. The maximum Gasteiger partial charge on any atom is 0.317 e. The lowest BCUT2D eigenvalue weighted by atomic mass is 9.83. The molecular formula is C12H17N3OS. The maximum atomic E-state index is 5.55. The molecule has 0 aromatic carbocycles. The second-order valence-corrected chi connectivity index (χ2v) is 4.92. The molecule has 0 radical (unpaired) electrons. The summed E-state index contributed by atoms with van der Waals surface area (Å²) in [5, 5.41) is 0. The number of aromatic nitrogens is 2. The predicted molar refractivity (Wildman–Crippen MR) is 70.1 cm³/mol. The summed E-state index contributed by atoms with van der Waals surface area (Å²) in [5.41, 5.74) is 6.94. The first kappa shape index (κ1) is 12.2. The van der Waals surface area contributed by atoms with Gasteiger partial charge in [0.25, 0.3) is 0 Å². The van der Waals surface area contributed by atoms with E-state index in [1.54, 1.807) is 6.07 Å². The number of rotatable bonds is 5. The van der Waals surface area contributed by atoms with Gasteiger partial charge in [-0.05, 0) is 25.3 Å². The highest BCUT2D eigenvalue weighted by atomic mass is 32.1. The van der Waals surface area contributed by atoms with Crippen molar-refractivity contribution in [3.05, 3.63) is 17.5 Å². The van der Waals surface area contributed by atoms with Crippen LogP contribution in [0.25, 0.3) is 0 Å². The molecule has 92 valence electrons. The molecule has 5 heteroatoms. The lowest BCUT2D eigenvalue weighted by Crippen LogP contribution is -2.16. The quantitative estimate of drug-likeness (QED) is 0.811. The highest BCUT2D eigenvalue weighted by Crippen LogP contribution is 2.29. The van der Waals surface area contributed by atoms with Gasteiger partial charge in [-0.15, -0.1) is 0 Å². The summed E-state index contributed by atoms with van der Waals surface area (Å²) >= 11 is 4.90. The van der Waals surface area contributed by atoms with E-state index in [9.17, 15) is 0 Å². The summed E-state index contributed by atoms with van der Waals surface area (Å²) in [7, 11) is 0. The van der Waals surface area contributed by atoms with Gasteiger partial charge in [-0.1, -0.05) is 31.5 Å². The van der Waals surface area contributed by atoms with E-state index >= 15 is 0 Å². The van der Waals surface area contributed by atoms with Gasteiger partial charge < -0.3 is 10.5 Å². The predicted octanol–water partition coefficient (Wildman–Crippen LogP) is 1.99. The van der Waals surface area contributed by atoms with E-state index in [0.29, 0.717) is 18.3 Å². The number of nitrogens with zero attached hydrogens (tertiary/aromatic N) is 2. The molecular weight excluding hydrogens is 234 g/mol. The van der Waals surface area contributed by atoms with Crippen LogP contribution in [0.2, 0.25) is 0 Å². The zero-order chi connectivity index (χ0) is 12.3. The van der Waals surface area contributed by atoms with Crippen molar-refractivity contribution in [1.82, 2.24) is 9.97 Å². The van der Waals surface area contributed by atoms with Crippen molar-refractivity contribution in [2.75, 3.05) is 6.61 Å². The van der Waals surface area contributed by atoms with E-state index in [1.807, 2.05) is 6.92 Å². The van der Waals surface area contributed by atoms with Gasteiger partial charge in [0.15, 0.2) is 0 Å². The monoisotopic (exact) mass is 251 g/mol. The van der Waals surface area contributed by atoms with Crippen molar-refractivity contribution in [3.63, 3.8) is 0 Å². The molecule has 0 spiro atoms. The van der Waals surface area contributed by atoms with Gasteiger partial charge in [-0.2, -0.15) is 4.98 Å². The SMILES string of the molecule is Cc1cc(C(N)=S)nc(OCCC2CCC2)n1. The largest absolute Gasteiger partial charge is 0.463 e. The first-order valence-electron chi connectivity index (χ1n) is 5.93. The molecule has 1 aromatic rings. The smallest absolute Gasteiger partial charge is 0.317 e. The maximum absolute atomic E-state index is 5.55. The summed E-state index contributed by atoms with van der Waals surface area (Å²) < 4.78 is 5.55. The average Bonchev–Trinajstić information content (AvgIpc) is 2.21. The van der Waals surface area contributed by atoms with Crippen LogP contribution in [0.4, 0.5) is 0 Å². The average molecular weight is 251 g/mol. The molecule has 0 aliphatic heterocycles. The van der Waals surface area contributed by atoms with E-state index in [0.717, 1.165) is 18.0 Å². The molecule has 1 aromatic heterocycles. The Bertz CT molecular complexity index is 418. The van der Waals surface area contributed by atoms with Crippen LogP contribution in [0.15, 0.2) is 6.07 Å². The molecule has 0 atom stereocenters. The molecule has 2 rings (SSSR count). The van der Waals surface area contributed by atoms with E-state index in [-0.39, 0.29) is 4.99 Å². The second-order valence-electron chi connectivity index (χ2n) is 4.48. The minimum absolute atomic E-state index is 0.277. The Labute approximate surface area is 107 Å². The molecule has 1 aliphatic carbocycles. The fourth-order valence-corrected chi connectivity index (χ4v) is 1.94. The van der Waals surface area contributed by atoms with Crippen LogP contribution in [0.5, 0.6) is 6.01 Å². The summed E-state index contributed by atoms with van der Waals surface area (Å²) in [6.07, 6.45) is 5.10. The lowest BCUT2D eigenvalue weighted by molar-refractivity contribution is 0.211. The van der Waals surface area contributed by atoms with Gasteiger partial charge >= 0.3 is 6.01 Å². The van der Waals surface area contributed by atoms with Crippen LogP contribution < -0.4 is 10.5 Å². The third-order valence-corrected chi connectivity index (χ3v) is 3.28. The van der Waals surface area contributed by atoms with Gasteiger partial charge in [-0.3, -0.25) is 0 Å². The molecule has 0 bridgehead atoms. The second kappa shape index (κ2) is 5.40. The Morgan fingerprint density at radius 2 is 2.29 bits per heavy atom. The third kappa shape index (κ3) is 3.36. The lowest BCUT2D eigenvalue weighted by Gasteiger charge is -2.24. The highest BCUT2D eigenvalue weighted by molar-refractivity contribution is 7.80. The fourth-order valence-electron chi connectivity index (χ4n) is 1.83. The third-order valence-electron chi connectivity index (χ3n) is 3.07. The number of hydrogen-bond donors (Lipinski definition) is 1. The molecule has 1 heterocycles. The number of aryl methyl sites for hydroxylation is 1. The van der Waals surface area contributed by atoms with E-state index in [2.05, 4.69) is 9.97 Å². The first-order valence-corrected chi connectivity index (χ1v) is 6.34. The van der Waals surface area contributed by atoms with Gasteiger partial charge in [0.05, 0.1) is 6.61 Å². The zero-order valence-corrected chi connectivity index (χ0v) is 10.8. The van der Waals surface area contributed by atoms with Crippen molar-refractivity contribution in [3.8, 4) is 6.01 Å². The Kier molecular flexibility index (Phi) is 3.89. The van der Waals surface area contributed by atoms with E-state index < -0.39 is 0 Å². The van der Waals surface area contributed by atoms with Crippen LogP contribution >= 0.6 is 12.2 Å². The van der Waals surface area contributed by atoms with Crippen molar-refractivity contribution >= 4 is 17.2 Å². The Hall–Kier alpha value is -1.23. The van der Waals surface area contributed by atoms with Crippen LogP contribution in [0, 0.1) is 12.8 Å². The standard InChI is InChI=1S/C12H17N3OS/c1-8-7-10(11(13)17)15-12(14-8)16-6-5-9-3-2-4-9/h7,9H,2-6H2,1H3,(H2,13,17). The van der Waals surface area contributed by atoms with Crippen molar-refractivity contribution in [2.24, 2.45) is 11.7 Å². The van der Waals surface area contributed by atoms with Crippen LogP contribution in [-0.4, -0.2) is 21.6 Å². The number of ether oxygens (including phenoxy) is 1. The van der Waals surface area contributed by atoms with Gasteiger partial charge in [0.2, 0.25) is 0 Å². The Morgan fingerprint density at radius 3 is 2.88 bits per heavy atom.